The van der Waals surface area contributed by atoms with Crippen LogP contribution in [0.1, 0.15) is 62.2 Å². The predicted octanol–water partition coefficient (Wildman–Crippen LogP) is 4.41. The number of piperidine rings is 1. The molecule has 1 unspecified atom stereocenters. The SMILES string of the molecule is CCCCC[C@H]1/C(=N/O)C[C@@H](c2ccccc2)[NH+](C)[C@@H]1c1ccccc1. The number of hydrogen-bond donors (Lipinski definition) is 2. The Bertz CT molecular complexity index is 699. The molecule has 0 radical (unpaired) electrons. The summed E-state index contributed by atoms with van der Waals surface area (Å²) in [5.74, 6) is 0.300. The Morgan fingerprint density at radius 1 is 0.962 bits per heavy atom. The average molecular weight is 352 g/mol. The van der Waals surface area contributed by atoms with Gasteiger partial charge in [0.1, 0.15) is 12.1 Å². The Labute approximate surface area is 157 Å². The molecular formula is C23H31N2O+. The lowest BCUT2D eigenvalue weighted by atomic mass is 9.76. The van der Waals surface area contributed by atoms with Crippen molar-refractivity contribution in [1.82, 2.24) is 0 Å². The molecule has 1 aliphatic heterocycles. The van der Waals surface area contributed by atoms with Gasteiger partial charge in [0.15, 0.2) is 0 Å². The van der Waals surface area contributed by atoms with Crippen molar-refractivity contribution < 1.29 is 10.1 Å². The summed E-state index contributed by atoms with van der Waals surface area (Å²) in [4.78, 5) is 1.50. The van der Waals surface area contributed by atoms with Crippen molar-refractivity contribution in [2.45, 2.75) is 51.1 Å². The van der Waals surface area contributed by atoms with Gasteiger partial charge in [0.25, 0.3) is 0 Å². The minimum Gasteiger partial charge on any atom is -0.411 e. The van der Waals surface area contributed by atoms with E-state index in [-0.39, 0.29) is 0 Å². The molecule has 2 aromatic carbocycles. The number of benzene rings is 2. The van der Waals surface area contributed by atoms with E-state index in [1.54, 1.807) is 0 Å². The van der Waals surface area contributed by atoms with E-state index in [0.29, 0.717) is 18.0 Å². The maximum atomic E-state index is 9.81. The van der Waals surface area contributed by atoms with Crippen molar-refractivity contribution in [3.63, 3.8) is 0 Å². The van der Waals surface area contributed by atoms with Crippen molar-refractivity contribution in [3.8, 4) is 0 Å². The highest BCUT2D eigenvalue weighted by Crippen LogP contribution is 2.34. The molecule has 0 saturated carbocycles. The number of nitrogens with zero attached hydrogens (tertiary/aromatic N) is 1. The zero-order chi connectivity index (χ0) is 18.4. The lowest BCUT2D eigenvalue weighted by Gasteiger charge is -2.42. The molecule has 1 saturated heterocycles. The molecule has 1 heterocycles. The van der Waals surface area contributed by atoms with E-state index >= 15 is 0 Å². The number of hydrogen-bond acceptors (Lipinski definition) is 2. The van der Waals surface area contributed by atoms with E-state index in [1.807, 2.05) is 0 Å². The van der Waals surface area contributed by atoms with Crippen LogP contribution < -0.4 is 4.90 Å². The highest BCUT2D eigenvalue weighted by molar-refractivity contribution is 5.88. The van der Waals surface area contributed by atoms with E-state index in [1.165, 1.54) is 35.3 Å². The molecule has 138 valence electrons. The highest BCUT2D eigenvalue weighted by Gasteiger charge is 2.44. The van der Waals surface area contributed by atoms with Gasteiger partial charge in [0.2, 0.25) is 0 Å². The van der Waals surface area contributed by atoms with Gasteiger partial charge in [0, 0.05) is 17.5 Å². The molecule has 0 aromatic heterocycles. The molecule has 0 bridgehead atoms. The normalized spacial score (nSPS) is 27.5. The maximum absolute atomic E-state index is 9.81. The molecule has 0 spiro atoms. The zero-order valence-corrected chi connectivity index (χ0v) is 15.9. The summed E-state index contributed by atoms with van der Waals surface area (Å²) < 4.78 is 0. The number of quaternary nitrogens is 1. The molecular weight excluding hydrogens is 320 g/mol. The summed E-state index contributed by atoms with van der Waals surface area (Å²) in [6, 6.07) is 22.0. The Hall–Kier alpha value is -2.13. The molecule has 1 aliphatic rings. The van der Waals surface area contributed by atoms with Crippen LogP contribution in [0.2, 0.25) is 0 Å². The van der Waals surface area contributed by atoms with Crippen molar-refractivity contribution >= 4 is 5.71 Å². The topological polar surface area (TPSA) is 37.0 Å². The number of nitrogens with one attached hydrogen (secondary N) is 1. The Morgan fingerprint density at radius 3 is 2.15 bits per heavy atom. The maximum Gasteiger partial charge on any atom is 0.122 e. The third kappa shape index (κ3) is 3.99. The fourth-order valence-corrected chi connectivity index (χ4v) is 4.53. The summed E-state index contributed by atoms with van der Waals surface area (Å²) >= 11 is 0. The molecule has 2 N–H and O–H groups in total. The number of rotatable bonds is 6. The summed E-state index contributed by atoms with van der Waals surface area (Å²) in [6.45, 7) is 2.24. The Morgan fingerprint density at radius 2 is 1.58 bits per heavy atom. The lowest BCUT2D eigenvalue weighted by Crippen LogP contribution is -3.11. The van der Waals surface area contributed by atoms with Crippen molar-refractivity contribution in [2.75, 3.05) is 7.05 Å². The first-order valence-corrected chi connectivity index (χ1v) is 9.90. The van der Waals surface area contributed by atoms with Crippen molar-refractivity contribution in [3.05, 3.63) is 71.8 Å². The van der Waals surface area contributed by atoms with Crippen LogP contribution >= 0.6 is 0 Å². The van der Waals surface area contributed by atoms with Gasteiger partial charge in [-0.05, 0) is 6.42 Å². The third-order valence-corrected chi connectivity index (χ3v) is 5.89. The molecule has 2 aromatic rings. The molecule has 26 heavy (non-hydrogen) atoms. The first-order valence-electron chi connectivity index (χ1n) is 9.90. The van der Waals surface area contributed by atoms with Gasteiger partial charge in [-0.15, -0.1) is 0 Å². The quantitative estimate of drug-likeness (QED) is 0.451. The smallest absolute Gasteiger partial charge is 0.122 e. The van der Waals surface area contributed by atoms with Crippen LogP contribution in [0.25, 0.3) is 0 Å². The second-order valence-corrected chi connectivity index (χ2v) is 7.49. The van der Waals surface area contributed by atoms with Gasteiger partial charge in [-0.25, -0.2) is 0 Å². The molecule has 3 nitrogen and oxygen atoms in total. The van der Waals surface area contributed by atoms with Gasteiger partial charge >= 0.3 is 0 Å². The Kier molecular flexibility index (Phi) is 6.45. The summed E-state index contributed by atoms with van der Waals surface area (Å²) in [7, 11) is 2.30. The van der Waals surface area contributed by atoms with E-state index < -0.39 is 0 Å². The van der Waals surface area contributed by atoms with Crippen molar-refractivity contribution in [1.29, 1.82) is 0 Å². The third-order valence-electron chi connectivity index (χ3n) is 5.89. The highest BCUT2D eigenvalue weighted by atomic mass is 16.4. The second-order valence-electron chi connectivity index (χ2n) is 7.49. The minimum absolute atomic E-state index is 0.300. The average Bonchev–Trinajstić information content (AvgIpc) is 2.70. The van der Waals surface area contributed by atoms with Crippen LogP contribution in [0.15, 0.2) is 65.8 Å². The van der Waals surface area contributed by atoms with Gasteiger partial charge < -0.3 is 10.1 Å². The first kappa shape index (κ1) is 18.7. The summed E-state index contributed by atoms with van der Waals surface area (Å²) in [6.07, 6.45) is 5.55. The molecule has 3 rings (SSSR count). The van der Waals surface area contributed by atoms with Gasteiger partial charge in [-0.3, -0.25) is 0 Å². The molecule has 1 fully saturated rings. The van der Waals surface area contributed by atoms with Crippen LogP contribution in [-0.2, 0) is 0 Å². The molecule has 0 amide bonds. The van der Waals surface area contributed by atoms with Crippen molar-refractivity contribution in [2.24, 2.45) is 11.1 Å². The van der Waals surface area contributed by atoms with E-state index in [2.05, 4.69) is 79.8 Å². The summed E-state index contributed by atoms with van der Waals surface area (Å²) in [5, 5.41) is 13.6. The lowest BCUT2D eigenvalue weighted by molar-refractivity contribution is -0.949. The second kappa shape index (κ2) is 9.00. The number of oxime groups is 1. The zero-order valence-electron chi connectivity index (χ0n) is 15.9. The van der Waals surface area contributed by atoms with E-state index in [4.69, 9.17) is 0 Å². The first-order chi connectivity index (χ1) is 12.8. The molecule has 4 atom stereocenters. The van der Waals surface area contributed by atoms with E-state index in [9.17, 15) is 5.21 Å². The van der Waals surface area contributed by atoms with Gasteiger partial charge in [-0.1, -0.05) is 92.0 Å². The monoisotopic (exact) mass is 351 g/mol. The predicted molar refractivity (Wildman–Crippen MR) is 107 cm³/mol. The van der Waals surface area contributed by atoms with Crippen LogP contribution in [-0.4, -0.2) is 18.0 Å². The Balaban J connectivity index is 1.97. The standard InChI is InChI=1S/C23H30N2O/c1-3-4-7-16-20-21(24-26)17-22(18-12-8-5-9-13-18)25(2)23(20)19-14-10-6-11-15-19/h5-6,8-15,20,22-23,26H,3-4,7,16-17H2,1-2H3/p+1/b24-21+/t20-,22-,23+/m0/s1. The number of likely N-dealkylation sites (tertiary alicyclic amines) is 1. The fourth-order valence-electron chi connectivity index (χ4n) is 4.53. The summed E-state index contributed by atoms with van der Waals surface area (Å²) in [5.41, 5.74) is 3.63. The van der Waals surface area contributed by atoms with E-state index in [0.717, 1.165) is 18.6 Å². The van der Waals surface area contributed by atoms with Crippen LogP contribution in [0, 0.1) is 5.92 Å². The largest absolute Gasteiger partial charge is 0.411 e. The van der Waals surface area contributed by atoms with Gasteiger partial charge in [0.05, 0.1) is 18.7 Å². The van der Waals surface area contributed by atoms with Crippen LogP contribution in [0.4, 0.5) is 0 Å². The molecule has 3 heteroatoms. The molecule has 0 aliphatic carbocycles. The van der Waals surface area contributed by atoms with Gasteiger partial charge in [-0.2, -0.15) is 0 Å². The van der Waals surface area contributed by atoms with Crippen LogP contribution in [0.3, 0.4) is 0 Å². The fraction of sp³-hybridized carbons (Fsp3) is 0.435. The minimum atomic E-state index is 0.300. The number of unbranched alkanes of at least 4 members (excludes halogenated alkanes) is 2. The van der Waals surface area contributed by atoms with Crippen LogP contribution in [0.5, 0.6) is 0 Å².